The minimum atomic E-state index is -0.835. The number of unbranched alkanes of at least 4 members (excludes halogenated alkanes) is 1. The summed E-state index contributed by atoms with van der Waals surface area (Å²) in [4.78, 5) is 11.2. The van der Waals surface area contributed by atoms with E-state index in [4.69, 9.17) is 21.1 Å². The highest BCUT2D eigenvalue weighted by molar-refractivity contribution is 6.32. The number of aliphatic carboxylic acids is 1. The van der Waals surface area contributed by atoms with Gasteiger partial charge in [-0.05, 0) is 31.0 Å². The van der Waals surface area contributed by atoms with Crippen LogP contribution in [-0.2, 0) is 11.3 Å². The van der Waals surface area contributed by atoms with Gasteiger partial charge in [0, 0.05) is 6.54 Å². The largest absolute Gasteiger partial charge is 0.491 e. The monoisotopic (exact) mass is 329 g/mol. The Morgan fingerprint density at radius 1 is 1.41 bits per heavy atom. The van der Waals surface area contributed by atoms with Crippen molar-refractivity contribution in [2.45, 2.75) is 45.7 Å². The molecule has 5 nitrogen and oxygen atoms in total. The van der Waals surface area contributed by atoms with Gasteiger partial charge in [0.2, 0.25) is 0 Å². The maximum Gasteiger partial charge on any atom is 0.320 e. The number of hydrogen-bond acceptors (Lipinski definition) is 4. The lowest BCUT2D eigenvalue weighted by Gasteiger charge is -2.16. The molecule has 1 aromatic rings. The third-order valence-electron chi connectivity index (χ3n) is 3.27. The molecule has 0 bridgehead atoms. The van der Waals surface area contributed by atoms with Crippen LogP contribution < -0.4 is 14.8 Å². The topological polar surface area (TPSA) is 67.8 Å². The zero-order chi connectivity index (χ0) is 16.5. The highest BCUT2D eigenvalue weighted by Crippen LogP contribution is 2.36. The quantitative estimate of drug-likeness (QED) is 0.688. The molecule has 0 spiro atoms. The van der Waals surface area contributed by atoms with E-state index < -0.39 is 12.0 Å². The molecule has 0 aliphatic rings. The van der Waals surface area contributed by atoms with Crippen molar-refractivity contribution in [1.29, 1.82) is 0 Å². The van der Waals surface area contributed by atoms with Crippen LogP contribution in [0.5, 0.6) is 11.5 Å². The van der Waals surface area contributed by atoms with Crippen LogP contribution in [0.15, 0.2) is 12.1 Å². The number of carboxylic acids is 1. The number of nitrogens with one attached hydrogen (secondary N) is 1. The van der Waals surface area contributed by atoms with Gasteiger partial charge >= 0.3 is 5.97 Å². The van der Waals surface area contributed by atoms with Crippen LogP contribution in [0.2, 0.25) is 5.02 Å². The van der Waals surface area contributed by atoms with Gasteiger partial charge in [-0.2, -0.15) is 0 Å². The maximum atomic E-state index is 11.2. The molecule has 0 aliphatic carbocycles. The second-order valence-electron chi connectivity index (χ2n) is 4.96. The zero-order valence-corrected chi connectivity index (χ0v) is 14.1. The molecule has 22 heavy (non-hydrogen) atoms. The Morgan fingerprint density at radius 2 is 2.14 bits per heavy atom. The Kier molecular flexibility index (Phi) is 8.06. The number of carboxylic acid groups (broad SMARTS) is 1. The number of rotatable bonds is 10. The first-order chi connectivity index (χ1) is 10.5. The van der Waals surface area contributed by atoms with Gasteiger partial charge in [-0.15, -0.1) is 0 Å². The Balaban J connectivity index is 2.81. The molecule has 124 valence electrons. The smallest absolute Gasteiger partial charge is 0.320 e. The summed E-state index contributed by atoms with van der Waals surface area (Å²) in [6.45, 7) is 4.82. The van der Waals surface area contributed by atoms with Gasteiger partial charge in [-0.1, -0.05) is 31.4 Å². The van der Waals surface area contributed by atoms with E-state index in [1.807, 2.05) is 19.9 Å². The first-order valence-electron chi connectivity index (χ1n) is 7.48. The molecule has 0 saturated carbocycles. The summed E-state index contributed by atoms with van der Waals surface area (Å²) in [5.41, 5.74) is 0.858. The van der Waals surface area contributed by atoms with Crippen LogP contribution in [0.25, 0.3) is 0 Å². The summed E-state index contributed by atoms with van der Waals surface area (Å²) in [6.07, 6.45) is 2.44. The minimum absolute atomic E-state index is 0.407. The molecule has 0 fully saturated rings. The molecule has 1 rings (SSSR count). The van der Waals surface area contributed by atoms with Gasteiger partial charge in [-0.3, -0.25) is 4.79 Å². The molecular formula is C16H24ClNO4. The first-order valence-corrected chi connectivity index (χ1v) is 7.86. The van der Waals surface area contributed by atoms with Crippen molar-refractivity contribution < 1.29 is 19.4 Å². The van der Waals surface area contributed by atoms with E-state index in [2.05, 4.69) is 5.32 Å². The molecule has 1 atom stereocenters. The van der Waals surface area contributed by atoms with Gasteiger partial charge in [0.25, 0.3) is 0 Å². The highest BCUT2D eigenvalue weighted by Gasteiger charge is 2.17. The van der Waals surface area contributed by atoms with Gasteiger partial charge in [-0.25, -0.2) is 0 Å². The van der Waals surface area contributed by atoms with E-state index in [0.29, 0.717) is 36.1 Å². The number of carbonyl (C=O) groups is 1. The first kappa shape index (κ1) is 18.6. The Labute approximate surface area is 136 Å². The lowest BCUT2D eigenvalue weighted by atomic mass is 10.1. The summed E-state index contributed by atoms with van der Waals surface area (Å²) in [5, 5.41) is 12.7. The average molecular weight is 330 g/mol. The standard InChI is InChI=1S/C16H24ClNO4/c1-4-6-7-13(16(19)20)18-10-11-8-12(17)15(21-3)14(9-11)22-5-2/h8-9,13,18H,4-7,10H2,1-3H3,(H,19,20)/t13-/m0/s1. The molecule has 0 amide bonds. The molecule has 2 N–H and O–H groups in total. The molecule has 6 heteroatoms. The van der Waals surface area contributed by atoms with Gasteiger partial charge in [0.15, 0.2) is 11.5 Å². The van der Waals surface area contributed by atoms with E-state index in [1.54, 1.807) is 6.07 Å². The van der Waals surface area contributed by atoms with Crippen LogP contribution in [0.3, 0.4) is 0 Å². The summed E-state index contributed by atoms with van der Waals surface area (Å²) >= 11 is 6.18. The fourth-order valence-corrected chi connectivity index (χ4v) is 2.46. The fourth-order valence-electron chi connectivity index (χ4n) is 2.15. The Morgan fingerprint density at radius 3 is 2.68 bits per heavy atom. The van der Waals surface area contributed by atoms with Crippen molar-refractivity contribution in [3.05, 3.63) is 22.7 Å². The second kappa shape index (κ2) is 9.54. The third-order valence-corrected chi connectivity index (χ3v) is 3.55. The normalized spacial score (nSPS) is 12.0. The summed E-state index contributed by atoms with van der Waals surface area (Å²) in [7, 11) is 1.53. The number of halogens is 1. The van der Waals surface area contributed by atoms with Crippen LogP contribution in [-0.4, -0.2) is 30.8 Å². The minimum Gasteiger partial charge on any atom is -0.491 e. The van der Waals surface area contributed by atoms with Crippen molar-refractivity contribution in [2.24, 2.45) is 0 Å². The van der Waals surface area contributed by atoms with Crippen molar-refractivity contribution in [3.63, 3.8) is 0 Å². The average Bonchev–Trinajstić information content (AvgIpc) is 2.47. The van der Waals surface area contributed by atoms with Crippen LogP contribution >= 0.6 is 11.6 Å². The molecule has 0 heterocycles. The zero-order valence-electron chi connectivity index (χ0n) is 13.3. The molecule has 0 aliphatic heterocycles. The summed E-state index contributed by atoms with van der Waals surface area (Å²) < 4.78 is 10.7. The summed E-state index contributed by atoms with van der Waals surface area (Å²) in [6, 6.07) is 3.02. The fraction of sp³-hybridized carbons (Fsp3) is 0.562. The number of methoxy groups -OCH3 is 1. The van der Waals surface area contributed by atoms with Gasteiger partial charge in [0.05, 0.1) is 18.7 Å². The third kappa shape index (κ3) is 5.39. The molecule has 0 aromatic heterocycles. The van der Waals surface area contributed by atoms with E-state index in [-0.39, 0.29) is 0 Å². The molecular weight excluding hydrogens is 306 g/mol. The number of hydrogen-bond donors (Lipinski definition) is 2. The molecule has 1 aromatic carbocycles. The van der Waals surface area contributed by atoms with E-state index in [0.717, 1.165) is 18.4 Å². The predicted molar refractivity (Wildman–Crippen MR) is 87.0 cm³/mol. The highest BCUT2D eigenvalue weighted by atomic mass is 35.5. The number of ether oxygens (including phenoxy) is 2. The van der Waals surface area contributed by atoms with Crippen molar-refractivity contribution in [2.75, 3.05) is 13.7 Å². The Bertz CT molecular complexity index is 493. The lowest BCUT2D eigenvalue weighted by Crippen LogP contribution is -2.36. The molecule has 0 radical (unpaired) electrons. The second-order valence-corrected chi connectivity index (χ2v) is 5.36. The summed E-state index contributed by atoms with van der Waals surface area (Å²) in [5.74, 6) is 0.223. The maximum absolute atomic E-state index is 11.2. The predicted octanol–water partition coefficient (Wildman–Crippen LogP) is 3.48. The van der Waals surface area contributed by atoms with Crippen LogP contribution in [0, 0.1) is 0 Å². The number of benzene rings is 1. The Hall–Kier alpha value is -1.46. The molecule has 0 saturated heterocycles. The lowest BCUT2D eigenvalue weighted by molar-refractivity contribution is -0.139. The van der Waals surface area contributed by atoms with Crippen molar-refractivity contribution in [1.82, 2.24) is 5.32 Å². The van der Waals surface area contributed by atoms with Crippen molar-refractivity contribution >= 4 is 17.6 Å². The van der Waals surface area contributed by atoms with E-state index >= 15 is 0 Å². The van der Waals surface area contributed by atoms with Gasteiger partial charge in [0.1, 0.15) is 6.04 Å². The van der Waals surface area contributed by atoms with Crippen molar-refractivity contribution in [3.8, 4) is 11.5 Å². The van der Waals surface area contributed by atoms with Gasteiger partial charge < -0.3 is 19.9 Å². The molecule has 0 unspecified atom stereocenters. The van der Waals surface area contributed by atoms with Crippen LogP contribution in [0.4, 0.5) is 0 Å². The van der Waals surface area contributed by atoms with E-state index in [1.165, 1.54) is 7.11 Å². The van der Waals surface area contributed by atoms with Crippen LogP contribution in [0.1, 0.15) is 38.7 Å². The SMILES string of the molecule is CCCC[C@H](NCc1cc(Cl)c(OC)c(OCC)c1)C(=O)O. The van der Waals surface area contributed by atoms with E-state index in [9.17, 15) is 9.90 Å².